The number of hydrogen-bond donors (Lipinski definition) is 2. The lowest BCUT2D eigenvalue weighted by Crippen LogP contribution is -2.41. The third-order valence-electron chi connectivity index (χ3n) is 3.79. The van der Waals surface area contributed by atoms with Gasteiger partial charge in [-0.3, -0.25) is 0 Å². The quantitative estimate of drug-likeness (QED) is 0.495. The van der Waals surface area contributed by atoms with E-state index in [0.717, 1.165) is 5.46 Å². The van der Waals surface area contributed by atoms with Crippen molar-refractivity contribution in [2.24, 2.45) is 0 Å². The monoisotopic (exact) mass is 276 g/mol. The predicted octanol–water partition coefficient (Wildman–Crippen LogP) is 2.59. The SMILES string of the molecule is CC.CC1(C)OB(c2ccc(C=N)c(N)c2)OC1(C)C. The second-order valence-electron chi connectivity index (χ2n) is 5.62. The molecule has 0 amide bonds. The summed E-state index contributed by atoms with van der Waals surface area (Å²) in [6.45, 7) is 12.1. The molecule has 1 heterocycles. The molecule has 0 bridgehead atoms. The molecular formula is C15H25BN2O2. The third-order valence-corrected chi connectivity index (χ3v) is 3.79. The van der Waals surface area contributed by atoms with E-state index in [9.17, 15) is 0 Å². The Bertz CT molecular complexity index is 471. The zero-order chi connectivity index (χ0) is 15.6. The predicted molar refractivity (Wildman–Crippen MR) is 85.8 cm³/mol. The summed E-state index contributed by atoms with van der Waals surface area (Å²) >= 11 is 0. The van der Waals surface area contributed by atoms with Gasteiger partial charge in [0.05, 0.1) is 11.2 Å². The second kappa shape index (κ2) is 5.98. The Hall–Kier alpha value is -1.33. The fraction of sp³-hybridized carbons (Fsp3) is 0.533. The van der Waals surface area contributed by atoms with Gasteiger partial charge in [0, 0.05) is 17.5 Å². The van der Waals surface area contributed by atoms with Crippen LogP contribution in [0.25, 0.3) is 0 Å². The summed E-state index contributed by atoms with van der Waals surface area (Å²) in [5.74, 6) is 0. The Morgan fingerprint density at radius 3 is 2.00 bits per heavy atom. The van der Waals surface area contributed by atoms with E-state index in [1.54, 1.807) is 0 Å². The van der Waals surface area contributed by atoms with Crippen LogP contribution < -0.4 is 11.2 Å². The highest BCUT2D eigenvalue weighted by molar-refractivity contribution is 6.62. The largest absolute Gasteiger partial charge is 0.494 e. The summed E-state index contributed by atoms with van der Waals surface area (Å²) in [6, 6.07) is 5.50. The molecule has 110 valence electrons. The summed E-state index contributed by atoms with van der Waals surface area (Å²) in [4.78, 5) is 0. The van der Waals surface area contributed by atoms with Crippen LogP contribution in [-0.2, 0) is 9.31 Å². The molecule has 0 spiro atoms. The number of nitrogens with two attached hydrogens (primary N) is 1. The van der Waals surface area contributed by atoms with Gasteiger partial charge >= 0.3 is 7.12 Å². The molecule has 1 aromatic rings. The fourth-order valence-corrected chi connectivity index (χ4v) is 1.85. The van der Waals surface area contributed by atoms with Crippen LogP contribution in [0.1, 0.15) is 47.1 Å². The first-order valence-electron chi connectivity index (χ1n) is 7.02. The minimum Gasteiger partial charge on any atom is -0.399 e. The molecule has 0 unspecified atom stereocenters. The average Bonchev–Trinajstić information content (AvgIpc) is 2.61. The van der Waals surface area contributed by atoms with Crippen molar-refractivity contribution in [3.05, 3.63) is 23.8 Å². The van der Waals surface area contributed by atoms with E-state index in [1.807, 2.05) is 59.7 Å². The summed E-state index contributed by atoms with van der Waals surface area (Å²) in [5, 5.41) is 7.22. The highest BCUT2D eigenvalue weighted by atomic mass is 16.7. The van der Waals surface area contributed by atoms with E-state index >= 15 is 0 Å². The molecule has 0 aliphatic carbocycles. The normalized spacial score (nSPS) is 19.2. The molecule has 1 fully saturated rings. The second-order valence-corrected chi connectivity index (χ2v) is 5.62. The topological polar surface area (TPSA) is 68.3 Å². The van der Waals surface area contributed by atoms with Crippen molar-refractivity contribution in [2.45, 2.75) is 52.7 Å². The van der Waals surface area contributed by atoms with Crippen molar-refractivity contribution in [3.8, 4) is 0 Å². The van der Waals surface area contributed by atoms with Crippen LogP contribution in [-0.4, -0.2) is 24.5 Å². The van der Waals surface area contributed by atoms with Crippen molar-refractivity contribution in [3.63, 3.8) is 0 Å². The lowest BCUT2D eigenvalue weighted by Gasteiger charge is -2.32. The standard InChI is InChI=1S/C13H19BN2O2.C2H6/c1-12(2)13(3,4)18-14(17-12)10-6-5-9(8-15)11(16)7-10;1-2/h5-8,15H,16H2,1-4H3;1-2H3. The van der Waals surface area contributed by atoms with Crippen molar-refractivity contribution < 1.29 is 9.31 Å². The van der Waals surface area contributed by atoms with E-state index in [1.165, 1.54) is 6.21 Å². The highest BCUT2D eigenvalue weighted by Gasteiger charge is 2.51. The number of benzene rings is 1. The van der Waals surface area contributed by atoms with Gasteiger partial charge in [-0.2, -0.15) is 0 Å². The van der Waals surface area contributed by atoms with E-state index in [0.29, 0.717) is 11.3 Å². The maximum absolute atomic E-state index is 7.22. The van der Waals surface area contributed by atoms with Crippen LogP contribution in [0.5, 0.6) is 0 Å². The van der Waals surface area contributed by atoms with Crippen LogP contribution in [0.15, 0.2) is 18.2 Å². The zero-order valence-electron chi connectivity index (χ0n) is 13.3. The van der Waals surface area contributed by atoms with Gasteiger partial charge in [0.25, 0.3) is 0 Å². The summed E-state index contributed by atoms with van der Waals surface area (Å²) in [7, 11) is -0.405. The number of nitrogen functional groups attached to an aromatic ring is 1. The fourth-order valence-electron chi connectivity index (χ4n) is 1.85. The van der Waals surface area contributed by atoms with Crippen LogP contribution in [0, 0.1) is 5.41 Å². The minimum atomic E-state index is -0.405. The molecule has 1 saturated heterocycles. The smallest absolute Gasteiger partial charge is 0.399 e. The molecule has 0 aromatic heterocycles. The van der Waals surface area contributed by atoms with Gasteiger partial charge in [-0.1, -0.05) is 26.0 Å². The van der Waals surface area contributed by atoms with E-state index in [2.05, 4.69) is 0 Å². The zero-order valence-corrected chi connectivity index (χ0v) is 13.3. The number of hydrogen-bond acceptors (Lipinski definition) is 4. The minimum absolute atomic E-state index is 0.355. The first-order valence-corrected chi connectivity index (χ1v) is 7.02. The molecule has 20 heavy (non-hydrogen) atoms. The van der Waals surface area contributed by atoms with Gasteiger partial charge in [0.15, 0.2) is 0 Å². The van der Waals surface area contributed by atoms with Gasteiger partial charge < -0.3 is 20.5 Å². The van der Waals surface area contributed by atoms with Crippen LogP contribution >= 0.6 is 0 Å². The van der Waals surface area contributed by atoms with Crippen molar-refractivity contribution in [2.75, 3.05) is 5.73 Å². The molecule has 0 saturated carbocycles. The molecule has 1 aromatic carbocycles. The highest BCUT2D eigenvalue weighted by Crippen LogP contribution is 2.36. The van der Waals surface area contributed by atoms with Crippen LogP contribution in [0.4, 0.5) is 5.69 Å². The molecule has 1 aliphatic heterocycles. The Labute approximate surface area is 122 Å². The summed E-state index contributed by atoms with van der Waals surface area (Å²) < 4.78 is 11.9. The molecular weight excluding hydrogens is 251 g/mol. The van der Waals surface area contributed by atoms with Gasteiger partial charge in [0.2, 0.25) is 0 Å². The third kappa shape index (κ3) is 3.05. The van der Waals surface area contributed by atoms with E-state index < -0.39 is 7.12 Å². The van der Waals surface area contributed by atoms with Gasteiger partial charge in [-0.05, 0) is 39.2 Å². The Morgan fingerprint density at radius 1 is 1.10 bits per heavy atom. The number of anilines is 1. The van der Waals surface area contributed by atoms with Crippen molar-refractivity contribution in [1.82, 2.24) is 0 Å². The lowest BCUT2D eigenvalue weighted by atomic mass is 9.78. The van der Waals surface area contributed by atoms with Crippen molar-refractivity contribution in [1.29, 1.82) is 5.41 Å². The number of nitrogens with one attached hydrogen (secondary N) is 1. The van der Waals surface area contributed by atoms with Crippen molar-refractivity contribution >= 4 is 24.5 Å². The Kier molecular flexibility index (Phi) is 5.00. The van der Waals surface area contributed by atoms with Crippen LogP contribution in [0.2, 0.25) is 0 Å². The molecule has 5 heteroatoms. The van der Waals surface area contributed by atoms with Gasteiger partial charge in [0.1, 0.15) is 0 Å². The lowest BCUT2D eigenvalue weighted by molar-refractivity contribution is 0.00578. The van der Waals surface area contributed by atoms with E-state index in [4.69, 9.17) is 20.5 Å². The van der Waals surface area contributed by atoms with Gasteiger partial charge in [-0.25, -0.2) is 0 Å². The molecule has 0 radical (unpaired) electrons. The molecule has 0 atom stereocenters. The summed E-state index contributed by atoms with van der Waals surface area (Å²) in [6.07, 6.45) is 1.24. The molecule has 3 N–H and O–H groups in total. The Balaban J connectivity index is 0.000000956. The Morgan fingerprint density at radius 2 is 1.60 bits per heavy atom. The van der Waals surface area contributed by atoms with Crippen LogP contribution in [0.3, 0.4) is 0 Å². The maximum atomic E-state index is 7.22. The maximum Gasteiger partial charge on any atom is 0.494 e. The molecule has 1 aliphatic rings. The first kappa shape index (κ1) is 16.7. The molecule has 4 nitrogen and oxygen atoms in total. The number of rotatable bonds is 2. The first-order chi connectivity index (χ1) is 9.27. The van der Waals surface area contributed by atoms with Gasteiger partial charge in [-0.15, -0.1) is 0 Å². The van der Waals surface area contributed by atoms with E-state index in [-0.39, 0.29) is 11.2 Å². The summed E-state index contributed by atoms with van der Waals surface area (Å²) in [5.41, 5.74) is 7.32. The molecule has 2 rings (SSSR count). The average molecular weight is 276 g/mol.